The molecule has 0 radical (unpaired) electrons. The van der Waals surface area contributed by atoms with Gasteiger partial charge in [-0.05, 0) is 18.6 Å². The van der Waals surface area contributed by atoms with Crippen LogP contribution < -0.4 is 10.6 Å². The second kappa shape index (κ2) is 10.7. The minimum Gasteiger partial charge on any atom is -0.454 e. The van der Waals surface area contributed by atoms with Crippen molar-refractivity contribution in [1.29, 1.82) is 0 Å². The Bertz CT molecular complexity index is 549. The zero-order valence-corrected chi connectivity index (χ0v) is 14.2. The Kier molecular flexibility index (Phi) is 8.82. The van der Waals surface area contributed by atoms with E-state index in [0.29, 0.717) is 25.1 Å². The Balaban J connectivity index is 2.50. The van der Waals surface area contributed by atoms with E-state index >= 15 is 0 Å². The molecule has 7 heteroatoms. The molecule has 1 aromatic carbocycles. The summed E-state index contributed by atoms with van der Waals surface area (Å²) in [6.07, 6.45) is 1.14. The second-order valence-electron chi connectivity index (χ2n) is 4.76. The van der Waals surface area contributed by atoms with E-state index in [-0.39, 0.29) is 23.7 Å². The van der Waals surface area contributed by atoms with Gasteiger partial charge in [0.15, 0.2) is 0 Å². The summed E-state index contributed by atoms with van der Waals surface area (Å²) in [5, 5.41) is 5.35. The first-order valence-electron chi connectivity index (χ1n) is 7.44. The minimum atomic E-state index is -0.239. The van der Waals surface area contributed by atoms with E-state index in [9.17, 15) is 14.4 Å². The monoisotopic (exact) mass is 338 g/mol. The molecule has 0 atom stereocenters. The van der Waals surface area contributed by atoms with Gasteiger partial charge in [-0.2, -0.15) is 0 Å². The van der Waals surface area contributed by atoms with Crippen LogP contribution in [0.2, 0.25) is 0 Å². The van der Waals surface area contributed by atoms with E-state index in [1.165, 1.54) is 18.7 Å². The highest BCUT2D eigenvalue weighted by molar-refractivity contribution is 7.99. The Labute approximate surface area is 140 Å². The van der Waals surface area contributed by atoms with Crippen LogP contribution in [-0.4, -0.2) is 36.8 Å². The molecule has 0 fully saturated rings. The largest absolute Gasteiger partial charge is 0.454 e. The lowest BCUT2D eigenvalue weighted by atomic mass is 10.2. The van der Waals surface area contributed by atoms with Crippen LogP contribution in [0.15, 0.2) is 29.2 Å². The van der Waals surface area contributed by atoms with Crippen molar-refractivity contribution in [2.45, 2.75) is 31.6 Å². The third-order valence-corrected chi connectivity index (χ3v) is 3.71. The first-order chi connectivity index (χ1) is 11.0. The number of hydrogen-bond donors (Lipinski definition) is 2. The van der Waals surface area contributed by atoms with Crippen molar-refractivity contribution in [3.63, 3.8) is 0 Å². The molecule has 0 heterocycles. The summed E-state index contributed by atoms with van der Waals surface area (Å²) in [6.45, 7) is 4.07. The maximum atomic E-state index is 12.2. The molecular formula is C16H22N2O4S. The molecule has 0 saturated carbocycles. The summed E-state index contributed by atoms with van der Waals surface area (Å²) in [5.41, 5.74) is 0.520. The Hall–Kier alpha value is -2.02. The van der Waals surface area contributed by atoms with E-state index in [4.69, 9.17) is 4.74 Å². The molecule has 0 aliphatic heterocycles. The van der Waals surface area contributed by atoms with Gasteiger partial charge in [-0.1, -0.05) is 30.8 Å². The highest BCUT2D eigenvalue weighted by Gasteiger charge is 2.11. The normalized spacial score (nSPS) is 10.0. The summed E-state index contributed by atoms with van der Waals surface area (Å²) in [7, 11) is 0. The molecule has 2 amide bonds. The lowest BCUT2D eigenvalue weighted by Crippen LogP contribution is -2.33. The van der Waals surface area contributed by atoms with Crippen molar-refractivity contribution < 1.29 is 19.1 Å². The van der Waals surface area contributed by atoms with E-state index in [0.717, 1.165) is 11.3 Å². The van der Waals surface area contributed by atoms with Gasteiger partial charge in [0.25, 0.3) is 5.91 Å². The highest BCUT2D eigenvalue weighted by atomic mass is 32.2. The number of esters is 1. The molecular weight excluding hydrogens is 316 g/mol. The minimum absolute atomic E-state index is 0.135. The van der Waals surface area contributed by atoms with Crippen LogP contribution >= 0.6 is 11.8 Å². The number of amides is 2. The van der Waals surface area contributed by atoms with Crippen LogP contribution in [-0.2, 0) is 14.3 Å². The Morgan fingerprint density at radius 1 is 1.13 bits per heavy atom. The fraction of sp³-hybridized carbons (Fsp3) is 0.438. The van der Waals surface area contributed by atoms with Gasteiger partial charge in [-0.15, -0.1) is 0 Å². The van der Waals surface area contributed by atoms with E-state index in [1.807, 2.05) is 13.0 Å². The predicted molar refractivity (Wildman–Crippen MR) is 89.2 cm³/mol. The predicted octanol–water partition coefficient (Wildman–Crippen LogP) is 1.95. The highest BCUT2D eigenvalue weighted by Crippen LogP contribution is 2.22. The molecule has 2 N–H and O–H groups in total. The van der Waals surface area contributed by atoms with Gasteiger partial charge in [0.2, 0.25) is 5.91 Å². The fourth-order valence-electron chi connectivity index (χ4n) is 1.72. The summed E-state index contributed by atoms with van der Waals surface area (Å²) in [4.78, 5) is 35.0. The molecule has 1 rings (SSSR count). The van der Waals surface area contributed by atoms with E-state index in [2.05, 4.69) is 10.6 Å². The molecule has 0 saturated heterocycles. The van der Waals surface area contributed by atoms with Crippen LogP contribution in [0.3, 0.4) is 0 Å². The van der Waals surface area contributed by atoms with Crippen LogP contribution in [0.5, 0.6) is 0 Å². The summed E-state index contributed by atoms with van der Waals surface area (Å²) in [6, 6.07) is 7.12. The van der Waals surface area contributed by atoms with Crippen LogP contribution in [0.1, 0.15) is 37.0 Å². The van der Waals surface area contributed by atoms with Gasteiger partial charge >= 0.3 is 5.97 Å². The van der Waals surface area contributed by atoms with Gasteiger partial charge < -0.3 is 15.4 Å². The zero-order valence-electron chi connectivity index (χ0n) is 13.4. The first kappa shape index (κ1) is 19.0. The number of hydrogen-bond acceptors (Lipinski definition) is 5. The molecule has 0 aliphatic rings. The van der Waals surface area contributed by atoms with Crippen LogP contribution in [0.4, 0.5) is 0 Å². The van der Waals surface area contributed by atoms with Gasteiger partial charge in [-0.3, -0.25) is 14.4 Å². The second-order valence-corrected chi connectivity index (χ2v) is 5.73. The van der Waals surface area contributed by atoms with Crippen LogP contribution in [0.25, 0.3) is 0 Å². The van der Waals surface area contributed by atoms with Gasteiger partial charge in [-0.25, -0.2) is 0 Å². The zero-order chi connectivity index (χ0) is 17.1. The lowest BCUT2D eigenvalue weighted by Gasteiger charge is -2.10. The molecule has 23 heavy (non-hydrogen) atoms. The number of ether oxygens (including phenoxy) is 1. The van der Waals surface area contributed by atoms with Crippen molar-refractivity contribution in [3.05, 3.63) is 29.8 Å². The topological polar surface area (TPSA) is 84.5 Å². The standard InChI is InChI=1S/C16H22N2O4S/c1-3-6-15(20)22-11-23-14-8-5-4-7-13(14)16(21)18-10-9-17-12(2)19/h4-5,7-8H,3,6,9-11H2,1-2H3,(H,17,19)(H,18,21). The third-order valence-electron chi connectivity index (χ3n) is 2.80. The maximum Gasteiger partial charge on any atom is 0.306 e. The molecule has 0 aliphatic carbocycles. The molecule has 1 aromatic rings. The van der Waals surface area contributed by atoms with Gasteiger partial charge in [0.1, 0.15) is 5.94 Å². The first-order valence-corrected chi connectivity index (χ1v) is 8.43. The fourth-order valence-corrected chi connectivity index (χ4v) is 2.53. The van der Waals surface area contributed by atoms with Crippen molar-refractivity contribution in [3.8, 4) is 0 Å². The molecule has 0 spiro atoms. The number of rotatable bonds is 9. The Morgan fingerprint density at radius 2 is 1.83 bits per heavy atom. The smallest absolute Gasteiger partial charge is 0.306 e. The molecule has 0 unspecified atom stereocenters. The number of nitrogens with one attached hydrogen (secondary N) is 2. The van der Waals surface area contributed by atoms with Gasteiger partial charge in [0, 0.05) is 31.3 Å². The van der Waals surface area contributed by atoms with E-state index < -0.39 is 0 Å². The quantitative estimate of drug-likeness (QED) is 0.311. The van der Waals surface area contributed by atoms with Gasteiger partial charge in [0.05, 0.1) is 5.56 Å². The number of carbonyl (C=O) groups excluding carboxylic acids is 3. The van der Waals surface area contributed by atoms with Crippen molar-refractivity contribution in [2.75, 3.05) is 19.0 Å². The summed E-state index contributed by atoms with van der Waals surface area (Å²) < 4.78 is 5.09. The molecule has 0 bridgehead atoms. The third kappa shape index (κ3) is 7.69. The van der Waals surface area contributed by atoms with Crippen LogP contribution in [0, 0.1) is 0 Å². The molecule has 126 valence electrons. The van der Waals surface area contributed by atoms with Crippen molar-refractivity contribution >= 4 is 29.5 Å². The summed E-state index contributed by atoms with van der Waals surface area (Å²) >= 11 is 1.30. The maximum absolute atomic E-state index is 12.2. The SMILES string of the molecule is CCCC(=O)OCSc1ccccc1C(=O)NCCNC(C)=O. The summed E-state index contributed by atoms with van der Waals surface area (Å²) in [5.74, 6) is -0.422. The Morgan fingerprint density at radius 3 is 2.52 bits per heavy atom. The van der Waals surface area contributed by atoms with Crippen molar-refractivity contribution in [1.82, 2.24) is 10.6 Å². The lowest BCUT2D eigenvalue weighted by molar-refractivity contribution is -0.141. The average molecular weight is 338 g/mol. The number of benzene rings is 1. The number of thioether (sulfide) groups is 1. The number of carbonyl (C=O) groups is 3. The molecule has 0 aromatic heterocycles. The average Bonchev–Trinajstić information content (AvgIpc) is 2.52. The van der Waals surface area contributed by atoms with Crippen molar-refractivity contribution in [2.24, 2.45) is 0 Å². The van der Waals surface area contributed by atoms with E-state index in [1.54, 1.807) is 18.2 Å². The molecule has 6 nitrogen and oxygen atoms in total.